The summed E-state index contributed by atoms with van der Waals surface area (Å²) in [6, 6.07) is 5.82. The largest absolute Gasteiger partial charge is 0.338 e. The Bertz CT molecular complexity index is 927. The van der Waals surface area contributed by atoms with Gasteiger partial charge in [0.05, 0.1) is 12.2 Å². The highest BCUT2D eigenvalue weighted by Gasteiger charge is 2.50. The van der Waals surface area contributed by atoms with Gasteiger partial charge in [-0.3, -0.25) is 9.59 Å². The number of hydrogen-bond donors (Lipinski definition) is 0. The Hall–Kier alpha value is -2.77. The lowest BCUT2D eigenvalue weighted by atomic mass is 9.59. The summed E-state index contributed by atoms with van der Waals surface area (Å²) < 4.78 is 1.89. The molecule has 1 aliphatic carbocycles. The van der Waals surface area contributed by atoms with Crippen LogP contribution in [0.3, 0.4) is 0 Å². The van der Waals surface area contributed by atoms with Gasteiger partial charge in [0.1, 0.15) is 5.69 Å². The van der Waals surface area contributed by atoms with Crippen LogP contribution in [0.4, 0.5) is 0 Å². The standard InChI is InChI=1S/C22H30N6O2/c1-4-26(5-2)21(30)18-15-28(25-24-18)19-9-10-22(19)11-13-27(14-12-22)20(29)17-8-6-7-16(3)23-17/h6-8,15,19H,4-5,9-14H2,1-3H3. The van der Waals surface area contributed by atoms with Gasteiger partial charge in [0.15, 0.2) is 5.69 Å². The van der Waals surface area contributed by atoms with Gasteiger partial charge >= 0.3 is 0 Å². The van der Waals surface area contributed by atoms with Crippen molar-refractivity contribution in [3.8, 4) is 0 Å². The lowest BCUT2D eigenvalue weighted by Gasteiger charge is -2.53. The van der Waals surface area contributed by atoms with Gasteiger partial charge in [-0.1, -0.05) is 11.3 Å². The second kappa shape index (κ2) is 8.16. The van der Waals surface area contributed by atoms with E-state index in [2.05, 4.69) is 15.3 Å². The van der Waals surface area contributed by atoms with Crippen molar-refractivity contribution in [3.05, 3.63) is 41.5 Å². The second-order valence-electron chi connectivity index (χ2n) is 8.43. The fourth-order valence-electron chi connectivity index (χ4n) is 4.86. The number of carbonyl (C=O) groups is 2. The highest BCUT2D eigenvalue weighted by Crippen LogP contribution is 2.56. The highest BCUT2D eigenvalue weighted by atomic mass is 16.2. The lowest BCUT2D eigenvalue weighted by Crippen LogP contribution is -2.51. The Balaban J connectivity index is 1.42. The number of rotatable bonds is 5. The maximum atomic E-state index is 12.8. The molecule has 1 aliphatic heterocycles. The van der Waals surface area contributed by atoms with Crippen molar-refractivity contribution in [2.75, 3.05) is 26.2 Å². The van der Waals surface area contributed by atoms with Gasteiger partial charge < -0.3 is 9.80 Å². The summed E-state index contributed by atoms with van der Waals surface area (Å²) in [6.07, 6.45) is 5.85. The predicted octanol–water partition coefficient (Wildman–Crippen LogP) is 2.72. The molecule has 2 aromatic rings. The molecule has 2 amide bonds. The van der Waals surface area contributed by atoms with Gasteiger partial charge in [0, 0.05) is 31.9 Å². The van der Waals surface area contributed by atoms with E-state index in [0.29, 0.717) is 24.5 Å². The molecule has 0 N–H and O–H groups in total. The van der Waals surface area contributed by atoms with E-state index in [9.17, 15) is 9.59 Å². The minimum absolute atomic E-state index is 0.0114. The van der Waals surface area contributed by atoms with Crippen LogP contribution in [-0.2, 0) is 0 Å². The van der Waals surface area contributed by atoms with Crippen molar-refractivity contribution in [3.63, 3.8) is 0 Å². The second-order valence-corrected chi connectivity index (χ2v) is 8.43. The van der Waals surface area contributed by atoms with Gasteiger partial charge in [0.25, 0.3) is 11.8 Å². The van der Waals surface area contributed by atoms with Crippen molar-refractivity contribution in [2.45, 2.75) is 52.5 Å². The number of pyridine rings is 1. The van der Waals surface area contributed by atoms with Gasteiger partial charge in [-0.25, -0.2) is 9.67 Å². The SMILES string of the molecule is CCN(CC)C(=O)c1cn(C2CCC23CCN(C(=O)c2cccc(C)n2)CC3)nn1. The molecule has 160 valence electrons. The van der Waals surface area contributed by atoms with E-state index in [1.54, 1.807) is 17.2 Å². The van der Waals surface area contributed by atoms with Crippen LogP contribution in [0.25, 0.3) is 0 Å². The van der Waals surface area contributed by atoms with Crippen LogP contribution in [0.2, 0.25) is 0 Å². The van der Waals surface area contributed by atoms with E-state index in [1.807, 2.05) is 42.5 Å². The number of likely N-dealkylation sites (tertiary alicyclic amines) is 1. The molecule has 30 heavy (non-hydrogen) atoms. The zero-order chi connectivity index (χ0) is 21.3. The van der Waals surface area contributed by atoms with E-state index in [0.717, 1.165) is 44.5 Å². The molecule has 0 radical (unpaired) electrons. The molecule has 2 aliphatic rings. The van der Waals surface area contributed by atoms with Crippen LogP contribution in [0.1, 0.15) is 72.2 Å². The van der Waals surface area contributed by atoms with Crippen molar-refractivity contribution < 1.29 is 9.59 Å². The van der Waals surface area contributed by atoms with Gasteiger partial charge in [-0.15, -0.1) is 5.10 Å². The number of piperidine rings is 1. The van der Waals surface area contributed by atoms with Crippen LogP contribution in [0, 0.1) is 12.3 Å². The van der Waals surface area contributed by atoms with Crippen molar-refractivity contribution in [1.29, 1.82) is 0 Å². The monoisotopic (exact) mass is 410 g/mol. The van der Waals surface area contributed by atoms with Crippen LogP contribution in [-0.4, -0.2) is 67.8 Å². The molecule has 2 fully saturated rings. The van der Waals surface area contributed by atoms with E-state index >= 15 is 0 Å². The summed E-state index contributed by atoms with van der Waals surface area (Å²) in [5, 5.41) is 8.45. The summed E-state index contributed by atoms with van der Waals surface area (Å²) in [5.41, 5.74) is 1.93. The third-order valence-electron chi connectivity index (χ3n) is 6.88. The average Bonchev–Trinajstić information content (AvgIpc) is 3.22. The van der Waals surface area contributed by atoms with Crippen LogP contribution in [0.15, 0.2) is 24.4 Å². The number of carbonyl (C=O) groups excluding carboxylic acids is 2. The first-order valence-electron chi connectivity index (χ1n) is 10.9. The fraction of sp³-hybridized carbons (Fsp3) is 0.591. The van der Waals surface area contributed by atoms with E-state index in [4.69, 9.17) is 0 Å². The minimum atomic E-state index is -0.0642. The van der Waals surface area contributed by atoms with Crippen molar-refractivity contribution in [1.82, 2.24) is 29.8 Å². The number of nitrogens with zero attached hydrogens (tertiary/aromatic N) is 6. The van der Waals surface area contributed by atoms with Crippen LogP contribution in [0.5, 0.6) is 0 Å². The molecule has 0 bridgehead atoms. The molecule has 4 rings (SSSR count). The van der Waals surface area contributed by atoms with Gasteiger partial charge in [0.2, 0.25) is 0 Å². The molecule has 1 spiro atoms. The summed E-state index contributed by atoms with van der Waals surface area (Å²) in [7, 11) is 0. The Morgan fingerprint density at radius 3 is 2.47 bits per heavy atom. The van der Waals surface area contributed by atoms with Crippen molar-refractivity contribution >= 4 is 11.8 Å². The molecular formula is C22H30N6O2. The van der Waals surface area contributed by atoms with Crippen molar-refractivity contribution in [2.24, 2.45) is 5.41 Å². The third-order valence-corrected chi connectivity index (χ3v) is 6.88. The average molecular weight is 411 g/mol. The Kier molecular flexibility index (Phi) is 5.58. The first-order chi connectivity index (χ1) is 14.5. The molecule has 8 heteroatoms. The first kappa shape index (κ1) is 20.5. The topological polar surface area (TPSA) is 84.2 Å². The molecule has 1 saturated carbocycles. The Labute approximate surface area is 177 Å². The Morgan fingerprint density at radius 1 is 1.13 bits per heavy atom. The van der Waals surface area contributed by atoms with Crippen LogP contribution >= 0.6 is 0 Å². The fourth-order valence-corrected chi connectivity index (χ4v) is 4.86. The van der Waals surface area contributed by atoms with Crippen LogP contribution < -0.4 is 0 Å². The molecular weight excluding hydrogens is 380 g/mol. The smallest absolute Gasteiger partial charge is 0.276 e. The molecule has 1 atom stereocenters. The molecule has 2 aromatic heterocycles. The summed E-state index contributed by atoms with van der Waals surface area (Å²) in [5.74, 6) is -0.0528. The summed E-state index contributed by atoms with van der Waals surface area (Å²) in [4.78, 5) is 33.4. The molecule has 3 heterocycles. The highest BCUT2D eigenvalue weighted by molar-refractivity contribution is 5.92. The zero-order valence-electron chi connectivity index (χ0n) is 18.0. The van der Waals surface area contributed by atoms with E-state index in [1.165, 1.54) is 0 Å². The number of aromatic nitrogens is 4. The van der Waals surface area contributed by atoms with Gasteiger partial charge in [-0.2, -0.15) is 0 Å². The molecule has 1 unspecified atom stereocenters. The molecule has 1 saturated heterocycles. The van der Waals surface area contributed by atoms with E-state index in [-0.39, 0.29) is 23.3 Å². The predicted molar refractivity (Wildman–Crippen MR) is 112 cm³/mol. The Morgan fingerprint density at radius 2 is 1.87 bits per heavy atom. The van der Waals surface area contributed by atoms with Gasteiger partial charge in [-0.05, 0) is 64.0 Å². The lowest BCUT2D eigenvalue weighted by molar-refractivity contribution is -0.0269. The summed E-state index contributed by atoms with van der Waals surface area (Å²) >= 11 is 0. The molecule has 0 aromatic carbocycles. The minimum Gasteiger partial charge on any atom is -0.338 e. The normalized spacial score (nSPS) is 20.1. The molecule has 8 nitrogen and oxygen atoms in total. The third kappa shape index (κ3) is 3.59. The number of aryl methyl sites for hydroxylation is 1. The summed E-state index contributed by atoms with van der Waals surface area (Å²) in [6.45, 7) is 8.61. The number of hydrogen-bond acceptors (Lipinski definition) is 5. The quantitative estimate of drug-likeness (QED) is 0.757. The zero-order valence-corrected chi connectivity index (χ0v) is 18.0. The number of amides is 2. The first-order valence-corrected chi connectivity index (χ1v) is 10.9. The maximum Gasteiger partial charge on any atom is 0.276 e. The van der Waals surface area contributed by atoms with E-state index < -0.39 is 0 Å². The maximum absolute atomic E-state index is 12.8.